The maximum atomic E-state index is 12.3. The van der Waals surface area contributed by atoms with Gasteiger partial charge in [-0.05, 0) is 29.7 Å². The molecule has 1 aromatic rings. The number of rotatable bonds is 1. The van der Waals surface area contributed by atoms with Gasteiger partial charge in [-0.15, -0.1) is 0 Å². The Kier molecular flexibility index (Phi) is 2.39. The van der Waals surface area contributed by atoms with Crippen molar-refractivity contribution in [2.24, 2.45) is 0 Å². The third-order valence-corrected chi connectivity index (χ3v) is 3.60. The molecule has 2 aliphatic rings. The first kappa shape index (κ1) is 10.4. The van der Waals surface area contributed by atoms with Crippen LogP contribution in [0.3, 0.4) is 0 Å². The van der Waals surface area contributed by atoms with Gasteiger partial charge in [0.1, 0.15) is 0 Å². The summed E-state index contributed by atoms with van der Waals surface area (Å²) in [5.41, 5.74) is 0.403. The molecule has 0 bridgehead atoms. The van der Waals surface area contributed by atoms with Gasteiger partial charge in [0.15, 0.2) is 0 Å². The van der Waals surface area contributed by atoms with Crippen molar-refractivity contribution in [1.82, 2.24) is 0 Å². The highest BCUT2D eigenvalue weighted by Gasteiger charge is 2.46. The van der Waals surface area contributed by atoms with E-state index in [9.17, 15) is 10.4 Å². The summed E-state index contributed by atoms with van der Waals surface area (Å²) in [4.78, 5) is 0. The van der Waals surface area contributed by atoms with Crippen LogP contribution in [0.15, 0.2) is 22.8 Å². The third kappa shape index (κ3) is 1.62. The average Bonchev–Trinajstić information content (AvgIpc) is 2.87. The number of hydrogen-bond donors (Lipinski definition) is 1. The lowest BCUT2D eigenvalue weighted by Crippen LogP contribution is -2.51. The summed E-state index contributed by atoms with van der Waals surface area (Å²) in [6, 6.07) is 3.21. The highest BCUT2D eigenvalue weighted by atomic mass is 16.5. The predicted octanol–water partition coefficient (Wildman–Crippen LogP) is 1.38. The summed E-state index contributed by atoms with van der Waals surface area (Å²) in [7, 11) is 0. The third-order valence-electron chi connectivity index (χ3n) is 3.60. The average molecular weight is 235 g/mol. The molecule has 1 fully saturated rings. The molecule has 1 N–H and O–H groups in total. The topological polar surface area (TPSA) is 62.5 Å². The molecule has 17 heavy (non-hydrogen) atoms. The van der Waals surface area contributed by atoms with Crippen molar-refractivity contribution in [3.63, 3.8) is 0 Å². The van der Waals surface area contributed by atoms with Gasteiger partial charge in [0, 0.05) is 12.8 Å². The Morgan fingerprint density at radius 2 is 2.06 bits per heavy atom. The molecule has 1 aliphatic heterocycles. The Hall–Kier alpha value is -1.78. The molecule has 1 saturated carbocycles. The van der Waals surface area contributed by atoms with Crippen molar-refractivity contribution in [3.8, 4) is 0 Å². The Morgan fingerprint density at radius 1 is 1.29 bits per heavy atom. The number of hydrogen-bond acceptors (Lipinski definition) is 3. The van der Waals surface area contributed by atoms with Crippen LogP contribution in [0, 0.1) is 5.21 Å². The predicted molar refractivity (Wildman–Crippen MR) is 60.6 cm³/mol. The summed E-state index contributed by atoms with van der Waals surface area (Å²) in [6.45, 7) is 0. The van der Waals surface area contributed by atoms with Crippen LogP contribution < -0.4 is 0 Å². The molecule has 0 unspecified atom stereocenters. The molecule has 2 heterocycles. The Balaban J connectivity index is 2.03. The zero-order valence-electron chi connectivity index (χ0n) is 9.45. The van der Waals surface area contributed by atoms with E-state index in [1.54, 1.807) is 12.1 Å². The Bertz CT molecular complexity index is 476. The smallest absolute Gasteiger partial charge is 0.322 e. The van der Waals surface area contributed by atoms with Crippen molar-refractivity contribution >= 4 is 11.9 Å². The van der Waals surface area contributed by atoms with Gasteiger partial charge in [-0.1, -0.05) is 0 Å². The van der Waals surface area contributed by atoms with Crippen LogP contribution in [0.25, 0.3) is 0 Å². The van der Waals surface area contributed by atoms with Gasteiger partial charge < -0.3 is 9.62 Å². The van der Waals surface area contributed by atoms with Crippen molar-refractivity contribution in [1.29, 1.82) is 0 Å². The molecule has 3 rings (SSSR count). The van der Waals surface area contributed by atoms with E-state index in [4.69, 9.17) is 4.42 Å². The van der Waals surface area contributed by atoms with E-state index in [1.807, 2.05) is 0 Å². The molecular weight excluding hydrogens is 220 g/mol. The molecule has 1 aromatic heterocycles. The molecule has 0 amide bonds. The molecule has 0 radical (unpaired) electrons. The lowest BCUT2D eigenvalue weighted by molar-refractivity contribution is -0.819. The van der Waals surface area contributed by atoms with Gasteiger partial charge in [0.2, 0.25) is 11.8 Å². The number of nitrogens with zero attached hydrogens (tertiary/aromatic N) is 2. The molecule has 5 heteroatoms. The standard InChI is InChI=1S/C12H15N2O3/c15-13-8-11(12-6-3-7-17-12)14(16)10-5-2-1-4-9(10)13/h3,6-10,15H,1-2,4-5H2/q+1/t9-,10-/m0/s1. The largest absolute Gasteiger partial charge is 0.623 e. The van der Waals surface area contributed by atoms with Crippen LogP contribution in [0.1, 0.15) is 31.4 Å². The van der Waals surface area contributed by atoms with Crippen LogP contribution in [-0.2, 0) is 0 Å². The molecular formula is C12H15N2O3+. The van der Waals surface area contributed by atoms with Gasteiger partial charge in [-0.3, -0.25) is 5.21 Å². The van der Waals surface area contributed by atoms with E-state index in [-0.39, 0.29) is 12.1 Å². The SMILES string of the molecule is [O-][N+]1=C(c2ccco2)C=[N+](O)[C@H]2CCCC[C@@H]21. The second-order valence-electron chi connectivity index (χ2n) is 4.62. The molecule has 1 aliphatic carbocycles. The van der Waals surface area contributed by atoms with Crippen LogP contribution >= 0.6 is 0 Å². The first-order chi connectivity index (χ1) is 8.27. The van der Waals surface area contributed by atoms with Crippen molar-refractivity contribution in [2.45, 2.75) is 37.8 Å². The number of hydroxylamine groups is 2. The normalized spacial score (nSPS) is 28.8. The van der Waals surface area contributed by atoms with E-state index in [1.165, 1.54) is 17.2 Å². The Labute approximate surface area is 98.8 Å². The summed E-state index contributed by atoms with van der Waals surface area (Å²) in [5.74, 6) is 0.503. The van der Waals surface area contributed by atoms with Crippen molar-refractivity contribution in [3.05, 3.63) is 29.4 Å². The van der Waals surface area contributed by atoms with E-state index < -0.39 is 0 Å². The van der Waals surface area contributed by atoms with Crippen LogP contribution in [-0.4, -0.2) is 38.7 Å². The van der Waals surface area contributed by atoms with Crippen LogP contribution in [0.4, 0.5) is 0 Å². The van der Waals surface area contributed by atoms with Crippen LogP contribution in [0.2, 0.25) is 0 Å². The summed E-state index contributed by atoms with van der Waals surface area (Å²) in [6.07, 6.45) is 6.79. The fraction of sp³-hybridized carbons (Fsp3) is 0.500. The van der Waals surface area contributed by atoms with Gasteiger partial charge in [-0.25, -0.2) is 0 Å². The zero-order valence-corrected chi connectivity index (χ0v) is 9.45. The molecule has 0 spiro atoms. The zero-order chi connectivity index (χ0) is 11.8. The van der Waals surface area contributed by atoms with Crippen LogP contribution in [0.5, 0.6) is 0 Å². The molecule has 5 nitrogen and oxygen atoms in total. The fourth-order valence-corrected chi connectivity index (χ4v) is 2.73. The minimum atomic E-state index is -0.168. The maximum Gasteiger partial charge on any atom is 0.322 e. The Morgan fingerprint density at radius 3 is 2.76 bits per heavy atom. The minimum absolute atomic E-state index is 0.0834. The molecule has 0 saturated heterocycles. The van der Waals surface area contributed by atoms with Crippen molar-refractivity contribution in [2.75, 3.05) is 0 Å². The summed E-state index contributed by atoms with van der Waals surface area (Å²) in [5, 5.41) is 22.2. The van der Waals surface area contributed by atoms with Gasteiger partial charge >= 0.3 is 5.71 Å². The van der Waals surface area contributed by atoms with Gasteiger partial charge in [0.05, 0.1) is 6.26 Å². The summed E-state index contributed by atoms with van der Waals surface area (Å²) < 4.78 is 7.40. The summed E-state index contributed by atoms with van der Waals surface area (Å²) >= 11 is 0. The number of furan rings is 1. The number of fused-ring (bicyclic) bond motifs is 1. The highest BCUT2D eigenvalue weighted by molar-refractivity contribution is 6.33. The molecule has 0 aromatic carbocycles. The second-order valence-corrected chi connectivity index (χ2v) is 4.62. The minimum Gasteiger partial charge on any atom is -0.623 e. The fourth-order valence-electron chi connectivity index (χ4n) is 2.73. The quantitative estimate of drug-likeness (QED) is 0.454. The first-order valence-corrected chi connectivity index (χ1v) is 5.96. The lowest BCUT2D eigenvalue weighted by atomic mass is 9.89. The second kappa shape index (κ2) is 3.91. The first-order valence-electron chi connectivity index (χ1n) is 5.96. The van der Waals surface area contributed by atoms with E-state index in [0.29, 0.717) is 11.5 Å². The van der Waals surface area contributed by atoms with E-state index in [0.717, 1.165) is 30.4 Å². The van der Waals surface area contributed by atoms with Gasteiger partial charge in [-0.2, -0.15) is 4.74 Å². The van der Waals surface area contributed by atoms with E-state index >= 15 is 0 Å². The van der Waals surface area contributed by atoms with E-state index in [2.05, 4.69) is 0 Å². The maximum absolute atomic E-state index is 12.3. The molecule has 2 atom stereocenters. The monoisotopic (exact) mass is 235 g/mol. The molecule has 90 valence electrons. The van der Waals surface area contributed by atoms with Gasteiger partial charge in [0.25, 0.3) is 12.3 Å². The van der Waals surface area contributed by atoms with Crippen molar-refractivity contribution < 1.29 is 19.1 Å². The lowest BCUT2D eigenvalue weighted by Gasteiger charge is -2.27. The highest BCUT2D eigenvalue weighted by Crippen LogP contribution is 2.25.